The average molecular weight is 311 g/mol. The Hall–Kier alpha value is -1.27. The molecule has 0 saturated carbocycles. The molecule has 0 amide bonds. The number of anilines is 2. The molecule has 0 aliphatic carbocycles. The number of carbonyl (C=O) groups excluding carboxylic acids is 1. The molecule has 1 saturated heterocycles. The summed E-state index contributed by atoms with van der Waals surface area (Å²) in [6, 6.07) is 0.382. The second kappa shape index (κ2) is 6.66. The van der Waals surface area contributed by atoms with Gasteiger partial charge in [0.25, 0.3) is 0 Å². The van der Waals surface area contributed by atoms with Gasteiger partial charge in [-0.1, -0.05) is 6.92 Å². The Labute approximate surface area is 130 Å². The summed E-state index contributed by atoms with van der Waals surface area (Å²) in [7, 11) is 2.11. The van der Waals surface area contributed by atoms with Gasteiger partial charge in [0.1, 0.15) is 5.00 Å². The highest BCUT2D eigenvalue weighted by Gasteiger charge is 2.26. The van der Waals surface area contributed by atoms with Crippen molar-refractivity contribution in [3.63, 3.8) is 0 Å². The van der Waals surface area contributed by atoms with E-state index < -0.39 is 0 Å². The van der Waals surface area contributed by atoms with Gasteiger partial charge in [0.15, 0.2) is 11.5 Å². The molecular formula is C15H25N3O2S. The third-order valence-corrected chi connectivity index (χ3v) is 4.71. The molecule has 1 fully saturated rings. The number of hydrogen-bond acceptors (Lipinski definition) is 6. The van der Waals surface area contributed by atoms with Crippen LogP contribution in [0.15, 0.2) is 0 Å². The second-order valence-electron chi connectivity index (χ2n) is 5.84. The lowest BCUT2D eigenvalue weighted by Crippen LogP contribution is -2.23. The lowest BCUT2D eigenvalue weighted by molar-refractivity contribution is 0.0992. The fraction of sp³-hybridized carbons (Fsp3) is 0.667. The Balaban J connectivity index is 2.26. The first-order chi connectivity index (χ1) is 9.92. The number of ether oxygens (including phenoxy) is 1. The minimum Gasteiger partial charge on any atom is -0.486 e. The van der Waals surface area contributed by atoms with Crippen molar-refractivity contribution in [1.29, 1.82) is 0 Å². The Kier molecular flexibility index (Phi) is 5.11. The molecule has 2 heterocycles. The van der Waals surface area contributed by atoms with E-state index >= 15 is 0 Å². The van der Waals surface area contributed by atoms with E-state index in [1.807, 2.05) is 20.8 Å². The molecule has 1 aliphatic heterocycles. The van der Waals surface area contributed by atoms with Crippen molar-refractivity contribution in [2.24, 2.45) is 0 Å². The van der Waals surface area contributed by atoms with Crippen LogP contribution in [0.25, 0.3) is 0 Å². The summed E-state index contributed by atoms with van der Waals surface area (Å²) in [4.78, 5) is 14.9. The molecule has 1 unspecified atom stereocenters. The molecule has 3 N–H and O–H groups in total. The topological polar surface area (TPSA) is 67.6 Å². The van der Waals surface area contributed by atoms with Crippen LogP contribution in [0.5, 0.6) is 5.75 Å². The van der Waals surface area contributed by atoms with Crippen molar-refractivity contribution in [2.45, 2.75) is 45.8 Å². The molecule has 0 aromatic carbocycles. The summed E-state index contributed by atoms with van der Waals surface area (Å²) in [5.41, 5.74) is 6.63. The molecule has 21 heavy (non-hydrogen) atoms. The largest absolute Gasteiger partial charge is 0.486 e. The Morgan fingerprint density at radius 1 is 1.57 bits per heavy atom. The maximum atomic E-state index is 12.0. The highest BCUT2D eigenvalue weighted by Crippen LogP contribution is 2.44. The van der Waals surface area contributed by atoms with Crippen LogP contribution in [0.4, 0.5) is 10.7 Å². The van der Waals surface area contributed by atoms with E-state index in [0.717, 1.165) is 24.5 Å². The Bertz CT molecular complexity index is 513. The van der Waals surface area contributed by atoms with E-state index in [2.05, 4.69) is 17.3 Å². The minimum absolute atomic E-state index is 0.0262. The summed E-state index contributed by atoms with van der Waals surface area (Å²) < 4.78 is 5.85. The average Bonchev–Trinajstić information content (AvgIpc) is 2.96. The summed E-state index contributed by atoms with van der Waals surface area (Å²) >= 11 is 1.42. The first-order valence-electron chi connectivity index (χ1n) is 7.49. The summed E-state index contributed by atoms with van der Waals surface area (Å²) in [6.07, 6.45) is 1.57. The first kappa shape index (κ1) is 16.1. The monoisotopic (exact) mass is 311 g/mol. The first-order valence-corrected chi connectivity index (χ1v) is 8.31. The number of nitrogens with one attached hydrogen (secondary N) is 1. The fourth-order valence-corrected chi connectivity index (χ4v) is 3.62. The van der Waals surface area contributed by atoms with Gasteiger partial charge in [-0.15, -0.1) is 11.3 Å². The van der Waals surface area contributed by atoms with Gasteiger partial charge in [-0.2, -0.15) is 0 Å². The van der Waals surface area contributed by atoms with Gasteiger partial charge in [-0.05, 0) is 33.9 Å². The summed E-state index contributed by atoms with van der Waals surface area (Å²) in [6.45, 7) is 7.86. The van der Waals surface area contributed by atoms with Crippen LogP contribution < -0.4 is 15.8 Å². The quantitative estimate of drug-likeness (QED) is 0.791. The number of thiophene rings is 1. The van der Waals surface area contributed by atoms with Gasteiger partial charge in [0.2, 0.25) is 0 Å². The molecule has 1 aromatic rings. The predicted octanol–water partition coefficient (Wildman–Crippen LogP) is 2.83. The second-order valence-corrected chi connectivity index (χ2v) is 6.86. The molecule has 1 aromatic heterocycles. The molecule has 5 nitrogen and oxygen atoms in total. The summed E-state index contributed by atoms with van der Waals surface area (Å²) in [5, 5.41) is 4.39. The number of ketones is 1. The van der Waals surface area contributed by atoms with Crippen molar-refractivity contribution in [3.8, 4) is 5.75 Å². The van der Waals surface area contributed by atoms with Crippen LogP contribution in [0.2, 0.25) is 0 Å². The van der Waals surface area contributed by atoms with Crippen LogP contribution >= 0.6 is 11.3 Å². The maximum Gasteiger partial charge on any atom is 0.177 e. The van der Waals surface area contributed by atoms with E-state index in [9.17, 15) is 4.79 Å². The van der Waals surface area contributed by atoms with Crippen molar-refractivity contribution in [1.82, 2.24) is 4.90 Å². The number of likely N-dealkylation sites (N-methyl/N-ethyl adjacent to an activating group) is 1. The predicted molar refractivity (Wildman–Crippen MR) is 88.6 cm³/mol. The molecule has 0 spiro atoms. The lowest BCUT2D eigenvalue weighted by atomic mass is 10.2. The van der Waals surface area contributed by atoms with Crippen LogP contribution in [0.1, 0.15) is 43.3 Å². The van der Waals surface area contributed by atoms with E-state index in [1.165, 1.54) is 11.3 Å². The van der Waals surface area contributed by atoms with E-state index in [1.54, 1.807) is 0 Å². The number of nitrogens with two attached hydrogens (primary N) is 1. The van der Waals surface area contributed by atoms with Crippen LogP contribution in [0, 0.1) is 0 Å². The highest BCUT2D eigenvalue weighted by molar-refractivity contribution is 7.19. The third-order valence-electron chi connectivity index (χ3n) is 3.55. The number of nitrogens with zero attached hydrogens (tertiary/aromatic N) is 1. The van der Waals surface area contributed by atoms with Crippen molar-refractivity contribution >= 4 is 27.8 Å². The number of carbonyl (C=O) groups is 1. The van der Waals surface area contributed by atoms with Crippen LogP contribution in [-0.4, -0.2) is 43.0 Å². The highest BCUT2D eigenvalue weighted by atomic mass is 32.1. The number of hydrogen-bond donors (Lipinski definition) is 2. The van der Waals surface area contributed by atoms with E-state index in [-0.39, 0.29) is 11.9 Å². The zero-order valence-electron chi connectivity index (χ0n) is 13.2. The Morgan fingerprint density at radius 2 is 2.29 bits per heavy atom. The van der Waals surface area contributed by atoms with Gasteiger partial charge < -0.3 is 20.7 Å². The zero-order chi connectivity index (χ0) is 15.6. The molecular weight excluding hydrogens is 286 g/mol. The molecule has 1 atom stereocenters. The number of nitrogen functional groups attached to an aromatic ring is 1. The SMILES string of the molecule is CCC(=O)c1sc(NC2CCN(C)C2)c(OC(C)C)c1N. The molecule has 0 bridgehead atoms. The van der Waals surface area contributed by atoms with Gasteiger partial charge in [-0.25, -0.2) is 0 Å². The van der Waals surface area contributed by atoms with Gasteiger partial charge >= 0.3 is 0 Å². The number of rotatable bonds is 6. The minimum atomic E-state index is 0.0262. The van der Waals surface area contributed by atoms with Crippen LogP contribution in [-0.2, 0) is 0 Å². The maximum absolute atomic E-state index is 12.0. The van der Waals surface area contributed by atoms with E-state index in [0.29, 0.717) is 28.8 Å². The normalized spacial score (nSPS) is 19.2. The Morgan fingerprint density at radius 3 is 2.81 bits per heavy atom. The fourth-order valence-electron chi connectivity index (χ4n) is 2.48. The number of likely N-dealkylation sites (tertiary alicyclic amines) is 1. The zero-order valence-corrected chi connectivity index (χ0v) is 14.0. The van der Waals surface area contributed by atoms with E-state index in [4.69, 9.17) is 10.5 Å². The molecule has 6 heteroatoms. The smallest absolute Gasteiger partial charge is 0.177 e. The number of Topliss-reactive ketones (excluding diaryl/α,β-unsaturated/α-hetero) is 1. The molecule has 0 radical (unpaired) electrons. The summed E-state index contributed by atoms with van der Waals surface area (Å²) in [5.74, 6) is 0.712. The van der Waals surface area contributed by atoms with Crippen molar-refractivity contribution < 1.29 is 9.53 Å². The lowest BCUT2D eigenvalue weighted by Gasteiger charge is -2.16. The molecule has 2 rings (SSSR count). The molecule has 118 valence electrons. The molecule has 1 aliphatic rings. The van der Waals surface area contributed by atoms with Crippen molar-refractivity contribution in [2.75, 3.05) is 31.2 Å². The van der Waals surface area contributed by atoms with Crippen molar-refractivity contribution in [3.05, 3.63) is 4.88 Å². The van der Waals surface area contributed by atoms with Gasteiger partial charge in [-0.3, -0.25) is 4.79 Å². The third kappa shape index (κ3) is 3.68. The van der Waals surface area contributed by atoms with Gasteiger partial charge in [0, 0.05) is 19.0 Å². The van der Waals surface area contributed by atoms with Gasteiger partial charge in [0.05, 0.1) is 16.7 Å². The van der Waals surface area contributed by atoms with Crippen LogP contribution in [0.3, 0.4) is 0 Å². The standard InChI is InChI=1S/C15H25N3O2S/c1-5-11(19)14-12(16)13(20-9(2)3)15(21-14)17-10-6-7-18(4)8-10/h9-10,17H,5-8,16H2,1-4H3.